The molecule has 0 atom stereocenters. The largest absolute Gasteiger partial charge is 0.485 e. The normalized spacial score (nSPS) is 15.1. The van der Waals surface area contributed by atoms with Crippen molar-refractivity contribution < 1.29 is 155 Å². The van der Waals surface area contributed by atoms with Gasteiger partial charge in [-0.1, -0.05) is 0 Å². The molecule has 0 amide bonds. The number of carboxylic acids is 7. The van der Waals surface area contributed by atoms with E-state index >= 15 is 0 Å². The van der Waals surface area contributed by atoms with Gasteiger partial charge >= 0.3 is 47.8 Å². The second-order valence-electron chi connectivity index (χ2n) is 15.5. The number of hydrogen-bond acceptors (Lipinski definition) is 24. The van der Waals surface area contributed by atoms with Crippen LogP contribution >= 0.6 is 0 Å². The molecule has 0 aliphatic carbocycles. The Kier molecular flexibility index (Phi) is 33.6. The molecular formula is C44H62O31. The van der Waals surface area contributed by atoms with Crippen molar-refractivity contribution in [1.82, 2.24) is 0 Å². The average Bonchev–Trinajstić information content (AvgIpc) is 3.37. The van der Waals surface area contributed by atoms with Crippen molar-refractivity contribution in [2.24, 2.45) is 21.7 Å². The third-order valence-electron chi connectivity index (χ3n) is 10.5. The van der Waals surface area contributed by atoms with Crippen LogP contribution in [0.1, 0.15) is 0 Å². The van der Waals surface area contributed by atoms with Gasteiger partial charge in [0.15, 0.2) is 11.2 Å². The lowest BCUT2D eigenvalue weighted by Crippen LogP contribution is -2.64. The summed E-state index contributed by atoms with van der Waals surface area (Å²) >= 11 is 0. The fourth-order valence-electron chi connectivity index (χ4n) is 5.36. The lowest BCUT2D eigenvalue weighted by Gasteiger charge is -2.51. The molecule has 0 bridgehead atoms. The summed E-state index contributed by atoms with van der Waals surface area (Å²) in [5.41, 5.74) is -16.6. The Morgan fingerprint density at radius 3 is 0.853 bits per heavy atom. The molecule has 20 N–H and O–H groups in total. The van der Waals surface area contributed by atoms with Crippen molar-refractivity contribution in [3.05, 3.63) is 97.6 Å². The molecule has 0 heterocycles. The molecule has 0 radical (unpaired) electrons. The number of ether oxygens (including phenoxy) is 3. The van der Waals surface area contributed by atoms with Gasteiger partial charge in [0, 0.05) is 36.5 Å². The molecule has 0 fully saturated rings. The van der Waals surface area contributed by atoms with E-state index in [1.165, 1.54) is 0 Å². The van der Waals surface area contributed by atoms with Gasteiger partial charge in [0.1, 0.15) is 12.2 Å². The number of aliphatic hydroxyl groups is 13. The predicted octanol–water partition coefficient (Wildman–Crippen LogP) is -6.45. The van der Waals surface area contributed by atoms with Crippen LogP contribution in [-0.2, 0) is 52.6 Å². The van der Waals surface area contributed by atoms with Gasteiger partial charge in [0.25, 0.3) is 0 Å². The molecule has 75 heavy (non-hydrogen) atoms. The first-order chi connectivity index (χ1) is 35.0. The van der Waals surface area contributed by atoms with Crippen LogP contribution in [0.15, 0.2) is 97.6 Å². The monoisotopic (exact) mass is 1090 g/mol. The second-order valence-corrected chi connectivity index (χ2v) is 15.5. The zero-order chi connectivity index (χ0) is 58.7. The van der Waals surface area contributed by atoms with E-state index in [0.717, 1.165) is 0 Å². The Bertz CT molecular complexity index is 1950. The van der Waals surface area contributed by atoms with E-state index in [1.807, 2.05) is 0 Å². The number of esters is 1. The van der Waals surface area contributed by atoms with Crippen LogP contribution < -0.4 is 0 Å². The summed E-state index contributed by atoms with van der Waals surface area (Å²) < 4.78 is 15.9. The van der Waals surface area contributed by atoms with Gasteiger partial charge in [-0.3, -0.25) is 0 Å². The van der Waals surface area contributed by atoms with Gasteiger partial charge in [-0.25, -0.2) is 38.4 Å². The van der Waals surface area contributed by atoms with Crippen LogP contribution in [0.3, 0.4) is 0 Å². The molecule has 31 nitrogen and oxygen atoms in total. The van der Waals surface area contributed by atoms with Crippen molar-refractivity contribution in [1.29, 1.82) is 0 Å². The van der Waals surface area contributed by atoms with Crippen molar-refractivity contribution in [3.63, 3.8) is 0 Å². The number of carbonyl (C=O) groups excluding carboxylic acids is 1. The van der Waals surface area contributed by atoms with Crippen LogP contribution in [0.25, 0.3) is 0 Å². The summed E-state index contributed by atoms with van der Waals surface area (Å²) in [6, 6.07) is 0. The Labute approximate surface area is 423 Å². The fourth-order valence-corrected chi connectivity index (χ4v) is 5.36. The predicted molar refractivity (Wildman–Crippen MR) is 245 cm³/mol. The summed E-state index contributed by atoms with van der Waals surface area (Å²) in [7, 11) is 0. The first-order valence-corrected chi connectivity index (χ1v) is 20.6. The van der Waals surface area contributed by atoms with Gasteiger partial charge in [-0.05, 0) is 36.5 Å². The Morgan fingerprint density at radius 2 is 0.600 bits per heavy atom. The highest BCUT2D eigenvalue weighted by Crippen LogP contribution is 2.48. The third-order valence-corrected chi connectivity index (χ3v) is 10.5. The number of aliphatic carboxylic acids is 7. The number of aliphatic hydroxyl groups excluding tert-OH is 12. The SMILES string of the molecule is O=C(O)C=COC(C=CC(=O)O)(C=CC(=O)O)C(CO)(CO)COC(=O)C=COC(C=CC(=O)O)(C=CC(=O)O)C(CO)(CO)C(O)(C=CC(=O)O)C=CC(=O)O.OCC(CO)(CO)CO.OCC(CO)(CO)CO. The Morgan fingerprint density at radius 1 is 0.333 bits per heavy atom. The van der Waals surface area contributed by atoms with Crippen molar-refractivity contribution in [2.75, 3.05) is 85.9 Å². The van der Waals surface area contributed by atoms with Gasteiger partial charge in [0.05, 0.1) is 126 Å². The first-order valence-electron chi connectivity index (χ1n) is 20.6. The lowest BCUT2D eigenvalue weighted by atomic mass is 9.60. The Hall–Kier alpha value is -7.24. The molecule has 0 aliphatic heterocycles. The zero-order valence-corrected chi connectivity index (χ0v) is 39.4. The number of carbonyl (C=O) groups is 8. The maximum atomic E-state index is 13.0. The molecule has 0 spiro atoms. The summed E-state index contributed by atoms with van der Waals surface area (Å²) in [6.07, 6.45) is 5.52. The highest BCUT2D eigenvalue weighted by Gasteiger charge is 2.61. The van der Waals surface area contributed by atoms with Crippen LogP contribution in [0.5, 0.6) is 0 Å². The summed E-state index contributed by atoms with van der Waals surface area (Å²) in [5, 5.41) is 186. The van der Waals surface area contributed by atoms with E-state index in [-0.39, 0.29) is 30.6 Å². The maximum Gasteiger partial charge on any atom is 0.333 e. The number of carboxylic acid groups (broad SMARTS) is 7. The molecule has 0 aromatic carbocycles. The minimum Gasteiger partial charge on any atom is -0.485 e. The van der Waals surface area contributed by atoms with E-state index in [1.54, 1.807) is 0 Å². The van der Waals surface area contributed by atoms with Crippen LogP contribution in [-0.4, -0.2) is 253 Å². The quantitative estimate of drug-likeness (QED) is 0.0159. The van der Waals surface area contributed by atoms with E-state index in [9.17, 15) is 94.5 Å². The van der Waals surface area contributed by atoms with Gasteiger partial charge in [0.2, 0.25) is 0 Å². The first kappa shape index (κ1) is 72.0. The summed E-state index contributed by atoms with van der Waals surface area (Å²) in [5.74, 6) is -13.8. The Balaban J connectivity index is -0.00000241. The van der Waals surface area contributed by atoms with Crippen LogP contribution in [0, 0.1) is 21.7 Å². The van der Waals surface area contributed by atoms with Crippen LogP contribution in [0.2, 0.25) is 0 Å². The number of rotatable bonds is 35. The molecule has 0 rings (SSSR count). The molecule has 0 saturated heterocycles. The smallest absolute Gasteiger partial charge is 0.333 e. The molecule has 0 aromatic heterocycles. The highest BCUT2D eigenvalue weighted by molar-refractivity contribution is 5.84. The molecule has 0 unspecified atom stereocenters. The maximum absolute atomic E-state index is 13.0. The van der Waals surface area contributed by atoms with E-state index < -0.39 is 172 Å². The van der Waals surface area contributed by atoms with Crippen molar-refractivity contribution in [2.45, 2.75) is 16.8 Å². The van der Waals surface area contributed by atoms with E-state index in [0.29, 0.717) is 67.0 Å². The average molecular weight is 1090 g/mol. The highest BCUT2D eigenvalue weighted by atomic mass is 16.5. The lowest BCUT2D eigenvalue weighted by molar-refractivity contribution is -0.163. The minimum atomic E-state index is -3.21. The zero-order valence-electron chi connectivity index (χ0n) is 39.4. The molecule has 31 heteroatoms. The fraction of sp³-hybridized carbons (Fsp3) is 0.455. The molecule has 424 valence electrons. The topological polar surface area (TPSA) is 569 Å². The molecule has 0 aromatic rings. The van der Waals surface area contributed by atoms with Gasteiger partial charge in [-0.2, -0.15) is 0 Å². The second kappa shape index (κ2) is 35.0. The molecular weight excluding hydrogens is 1020 g/mol. The molecule has 0 saturated carbocycles. The van der Waals surface area contributed by atoms with Crippen molar-refractivity contribution in [3.8, 4) is 0 Å². The standard InChI is InChI=1S/C34H38O23.2C5H12O4/c35-17-30(18-36,33(11-3-24(43)44,12-4-25(45)46)56-15-7-28(51)52)21-55-29(53)8-16-57-34(13-5-26(47)48,14-6-27(49)50)31(19-37,20-38)32(54,9-1-22(39)40)10-2-23(41)42;2*6-1-5(2-7,3-8)4-9/h1-16,35-38,54H,17-21H2,(H,39,40)(H,41,42)(H,43,44)(H,45,46)(H,47,48)(H,49,50)(H,51,52);2*6-9H,1-4H2. The third kappa shape index (κ3) is 22.4. The van der Waals surface area contributed by atoms with E-state index in [2.05, 4.69) is 0 Å². The van der Waals surface area contributed by atoms with Gasteiger partial charge < -0.3 is 116 Å². The van der Waals surface area contributed by atoms with Crippen molar-refractivity contribution >= 4 is 47.8 Å². The van der Waals surface area contributed by atoms with Crippen LogP contribution in [0.4, 0.5) is 0 Å². The number of hydrogen-bond donors (Lipinski definition) is 20. The summed E-state index contributed by atoms with van der Waals surface area (Å²) in [6.45, 7) is -10.4. The summed E-state index contributed by atoms with van der Waals surface area (Å²) in [4.78, 5) is 92.9. The van der Waals surface area contributed by atoms with Gasteiger partial charge in [-0.15, -0.1) is 0 Å². The minimum absolute atomic E-state index is 0.207. The molecule has 0 aliphatic rings. The van der Waals surface area contributed by atoms with E-state index in [4.69, 9.17) is 60.2 Å².